The quantitative estimate of drug-likeness (QED) is 0.824. The Kier molecular flexibility index (Phi) is 3.48. The molecule has 0 aliphatic carbocycles. The smallest absolute Gasteiger partial charge is 0.240 e. The van der Waals surface area contributed by atoms with E-state index in [2.05, 4.69) is 10.6 Å². The van der Waals surface area contributed by atoms with Crippen LogP contribution in [0.1, 0.15) is 18.0 Å². The predicted molar refractivity (Wildman–Crippen MR) is 70.1 cm³/mol. The Morgan fingerprint density at radius 3 is 2.89 bits per heavy atom. The van der Waals surface area contributed by atoms with Gasteiger partial charge in [-0.2, -0.15) is 0 Å². The maximum Gasteiger partial charge on any atom is 0.240 e. The normalized spacial score (nSPS) is 26.9. The van der Waals surface area contributed by atoms with Crippen LogP contribution in [0.5, 0.6) is 0 Å². The minimum atomic E-state index is -0.253. The maximum atomic E-state index is 13.4. The van der Waals surface area contributed by atoms with Crippen LogP contribution in [-0.2, 0) is 4.79 Å². The van der Waals surface area contributed by atoms with Gasteiger partial charge in [-0.1, -0.05) is 12.1 Å². The maximum absolute atomic E-state index is 13.4. The van der Waals surface area contributed by atoms with Crippen LogP contribution in [0, 0.1) is 5.82 Å². The van der Waals surface area contributed by atoms with Gasteiger partial charge in [0.15, 0.2) is 0 Å². The fraction of sp³-hybridized carbons (Fsp3) is 0.500. The summed E-state index contributed by atoms with van der Waals surface area (Å²) in [4.78, 5) is 14.3. The molecule has 2 saturated heterocycles. The number of benzene rings is 1. The molecule has 0 aromatic heterocycles. The number of rotatable bonds is 2. The van der Waals surface area contributed by atoms with E-state index in [0.29, 0.717) is 13.1 Å². The van der Waals surface area contributed by atoms with Gasteiger partial charge in [-0.05, 0) is 30.7 Å². The van der Waals surface area contributed by atoms with E-state index in [1.807, 2.05) is 11.0 Å². The minimum absolute atomic E-state index is 0.0471. The molecule has 3 rings (SSSR count). The summed E-state index contributed by atoms with van der Waals surface area (Å²) < 4.78 is 13.4. The molecule has 4 nitrogen and oxygen atoms in total. The highest BCUT2D eigenvalue weighted by Crippen LogP contribution is 2.24. The lowest BCUT2D eigenvalue weighted by molar-refractivity contribution is -0.138. The molecule has 0 bridgehead atoms. The second kappa shape index (κ2) is 5.27. The third-order valence-corrected chi connectivity index (χ3v) is 3.88. The third kappa shape index (κ3) is 2.48. The number of hydrogen-bond acceptors (Lipinski definition) is 3. The van der Waals surface area contributed by atoms with Crippen LogP contribution in [0.4, 0.5) is 4.39 Å². The van der Waals surface area contributed by atoms with Crippen molar-refractivity contribution < 1.29 is 9.18 Å². The molecule has 1 aromatic rings. The monoisotopic (exact) mass is 263 g/mol. The molecule has 2 fully saturated rings. The highest BCUT2D eigenvalue weighted by Gasteiger charge is 2.34. The van der Waals surface area contributed by atoms with Crippen molar-refractivity contribution in [3.63, 3.8) is 0 Å². The van der Waals surface area contributed by atoms with Crippen LogP contribution in [0.25, 0.3) is 0 Å². The van der Waals surface area contributed by atoms with Gasteiger partial charge in [0.05, 0.1) is 12.1 Å². The molecule has 19 heavy (non-hydrogen) atoms. The van der Waals surface area contributed by atoms with Gasteiger partial charge in [0.1, 0.15) is 5.82 Å². The number of carbonyl (C=O) groups excluding carboxylic acids is 1. The number of carbonyl (C=O) groups is 1. The van der Waals surface area contributed by atoms with Crippen molar-refractivity contribution in [3.05, 3.63) is 35.6 Å². The first kappa shape index (κ1) is 12.6. The molecule has 0 saturated carbocycles. The van der Waals surface area contributed by atoms with E-state index in [1.165, 1.54) is 12.1 Å². The summed E-state index contributed by atoms with van der Waals surface area (Å²) in [7, 11) is 0. The molecular weight excluding hydrogens is 245 g/mol. The van der Waals surface area contributed by atoms with Crippen molar-refractivity contribution in [1.82, 2.24) is 15.5 Å². The zero-order valence-corrected chi connectivity index (χ0v) is 10.7. The fourth-order valence-electron chi connectivity index (χ4n) is 2.68. The first-order chi connectivity index (χ1) is 9.25. The van der Waals surface area contributed by atoms with E-state index in [4.69, 9.17) is 0 Å². The van der Waals surface area contributed by atoms with Crippen molar-refractivity contribution in [2.45, 2.75) is 18.5 Å². The number of piperazine rings is 1. The minimum Gasteiger partial charge on any atom is -0.332 e. The van der Waals surface area contributed by atoms with Crippen LogP contribution in [-0.4, -0.2) is 43.0 Å². The van der Waals surface area contributed by atoms with Gasteiger partial charge in [0.25, 0.3) is 0 Å². The molecule has 2 aliphatic rings. The third-order valence-electron chi connectivity index (χ3n) is 3.88. The van der Waals surface area contributed by atoms with Crippen molar-refractivity contribution in [2.75, 3.05) is 26.2 Å². The Morgan fingerprint density at radius 2 is 2.21 bits per heavy atom. The summed E-state index contributed by atoms with van der Waals surface area (Å²) in [5.74, 6) is -0.112. The van der Waals surface area contributed by atoms with Crippen LogP contribution >= 0.6 is 0 Å². The average molecular weight is 263 g/mol. The second-order valence-electron chi connectivity index (χ2n) is 5.10. The summed E-state index contributed by atoms with van der Waals surface area (Å²) in [6, 6.07) is 6.41. The summed E-state index contributed by atoms with van der Waals surface area (Å²) in [6.45, 7) is 3.07. The molecule has 0 radical (unpaired) electrons. The summed E-state index contributed by atoms with van der Waals surface area (Å²) in [6.07, 6.45) is 0.901. The van der Waals surface area contributed by atoms with Crippen LogP contribution < -0.4 is 10.6 Å². The first-order valence-electron chi connectivity index (χ1n) is 6.76. The molecule has 1 amide bonds. The SMILES string of the molecule is O=C([C@H]1CCN1)N1CCNCC1c1cccc(F)c1. The highest BCUT2D eigenvalue weighted by molar-refractivity contribution is 5.83. The molecule has 2 atom stereocenters. The van der Waals surface area contributed by atoms with Gasteiger partial charge < -0.3 is 15.5 Å². The van der Waals surface area contributed by atoms with E-state index in [-0.39, 0.29) is 23.8 Å². The van der Waals surface area contributed by atoms with Crippen molar-refractivity contribution in [1.29, 1.82) is 0 Å². The van der Waals surface area contributed by atoms with Crippen LogP contribution in [0.2, 0.25) is 0 Å². The van der Waals surface area contributed by atoms with E-state index < -0.39 is 0 Å². The van der Waals surface area contributed by atoms with E-state index in [9.17, 15) is 9.18 Å². The lowest BCUT2D eigenvalue weighted by Crippen LogP contribution is -2.58. The zero-order chi connectivity index (χ0) is 13.2. The molecule has 5 heteroatoms. The Labute approximate surface area is 112 Å². The van der Waals surface area contributed by atoms with E-state index in [0.717, 1.165) is 25.1 Å². The molecule has 0 spiro atoms. The van der Waals surface area contributed by atoms with Crippen molar-refractivity contribution in [3.8, 4) is 0 Å². The Bertz CT molecular complexity index is 476. The molecule has 1 unspecified atom stereocenters. The number of halogens is 1. The highest BCUT2D eigenvalue weighted by atomic mass is 19.1. The van der Waals surface area contributed by atoms with Gasteiger partial charge in [0.2, 0.25) is 5.91 Å². The van der Waals surface area contributed by atoms with Gasteiger partial charge in [-0.15, -0.1) is 0 Å². The van der Waals surface area contributed by atoms with Crippen molar-refractivity contribution in [2.24, 2.45) is 0 Å². The molecule has 2 N–H and O–H groups in total. The molecular formula is C14H18FN3O. The average Bonchev–Trinajstić information content (AvgIpc) is 2.37. The number of amides is 1. The summed E-state index contributed by atoms with van der Waals surface area (Å²) in [5, 5.41) is 6.42. The van der Waals surface area contributed by atoms with E-state index >= 15 is 0 Å². The topological polar surface area (TPSA) is 44.4 Å². The van der Waals surface area contributed by atoms with Crippen LogP contribution in [0.15, 0.2) is 24.3 Å². The lowest BCUT2D eigenvalue weighted by atomic mass is 9.99. The van der Waals surface area contributed by atoms with E-state index in [1.54, 1.807) is 6.07 Å². The Morgan fingerprint density at radius 1 is 1.37 bits per heavy atom. The lowest BCUT2D eigenvalue weighted by Gasteiger charge is -2.40. The van der Waals surface area contributed by atoms with Gasteiger partial charge in [-0.3, -0.25) is 4.79 Å². The Balaban J connectivity index is 1.82. The standard InChI is InChI=1S/C14H18FN3O/c15-11-3-1-2-10(8-11)13-9-16-6-7-18(13)14(19)12-4-5-17-12/h1-3,8,12-13,16-17H,4-7,9H2/t12-,13?/m1/s1. The molecule has 2 heterocycles. The fourth-order valence-corrected chi connectivity index (χ4v) is 2.68. The van der Waals surface area contributed by atoms with Crippen molar-refractivity contribution >= 4 is 5.91 Å². The Hall–Kier alpha value is -1.46. The summed E-state index contributed by atoms with van der Waals surface area (Å²) in [5.41, 5.74) is 0.861. The molecule has 1 aromatic carbocycles. The predicted octanol–water partition coefficient (Wildman–Crippen LogP) is 0.661. The second-order valence-corrected chi connectivity index (χ2v) is 5.10. The largest absolute Gasteiger partial charge is 0.332 e. The van der Waals surface area contributed by atoms with Gasteiger partial charge in [-0.25, -0.2) is 4.39 Å². The molecule has 102 valence electrons. The number of hydrogen-bond donors (Lipinski definition) is 2. The van der Waals surface area contributed by atoms with Gasteiger partial charge >= 0.3 is 0 Å². The number of nitrogens with one attached hydrogen (secondary N) is 2. The van der Waals surface area contributed by atoms with Crippen LogP contribution in [0.3, 0.4) is 0 Å². The van der Waals surface area contributed by atoms with Gasteiger partial charge in [0, 0.05) is 19.6 Å². The zero-order valence-electron chi connectivity index (χ0n) is 10.7. The molecule has 2 aliphatic heterocycles. The first-order valence-corrected chi connectivity index (χ1v) is 6.76. The summed E-state index contributed by atoms with van der Waals surface area (Å²) >= 11 is 0. The number of nitrogens with zero attached hydrogens (tertiary/aromatic N) is 1.